The van der Waals surface area contributed by atoms with Gasteiger partial charge in [0.05, 0.1) is 6.61 Å². The number of nitrogens with one attached hydrogen (secondary N) is 1. The zero-order valence-electron chi connectivity index (χ0n) is 9.25. The molecule has 0 aromatic carbocycles. The third-order valence-electron chi connectivity index (χ3n) is 1.84. The first-order valence-electron chi connectivity index (χ1n) is 4.90. The van der Waals surface area contributed by atoms with Crippen molar-refractivity contribution < 1.29 is 4.74 Å². The molecule has 0 fully saturated rings. The summed E-state index contributed by atoms with van der Waals surface area (Å²) in [5, 5.41) is 3.18. The molecule has 1 heterocycles. The molecular weight excluding hydrogens is 258 g/mol. The van der Waals surface area contributed by atoms with E-state index in [0.29, 0.717) is 12.5 Å². The number of ether oxygens (including phenoxy) is 1. The van der Waals surface area contributed by atoms with Crippen LogP contribution in [0.2, 0.25) is 0 Å². The average molecular weight is 274 g/mol. The van der Waals surface area contributed by atoms with Crippen LogP contribution in [0.5, 0.6) is 0 Å². The van der Waals surface area contributed by atoms with Crippen molar-refractivity contribution in [3.63, 3.8) is 0 Å². The molecule has 84 valence electrons. The van der Waals surface area contributed by atoms with Crippen molar-refractivity contribution in [2.45, 2.75) is 19.8 Å². The summed E-state index contributed by atoms with van der Waals surface area (Å²) in [6.45, 7) is 5.55. The third kappa shape index (κ3) is 4.13. The maximum atomic E-state index is 4.95. The highest BCUT2D eigenvalue weighted by molar-refractivity contribution is 9.10. The number of aromatic nitrogens is 2. The van der Waals surface area contributed by atoms with Crippen LogP contribution < -0.4 is 5.32 Å². The largest absolute Gasteiger partial charge is 0.383 e. The van der Waals surface area contributed by atoms with E-state index in [0.717, 1.165) is 22.8 Å². The molecule has 0 atom stereocenters. The fraction of sp³-hybridized carbons (Fsp3) is 0.600. The van der Waals surface area contributed by atoms with E-state index in [1.54, 1.807) is 7.11 Å². The van der Waals surface area contributed by atoms with Crippen LogP contribution in [-0.2, 0) is 4.74 Å². The lowest BCUT2D eigenvalue weighted by Crippen LogP contribution is -2.10. The Hall–Kier alpha value is -0.680. The Bertz CT molecular complexity index is 318. The monoisotopic (exact) mass is 273 g/mol. The van der Waals surface area contributed by atoms with Crippen LogP contribution in [0.4, 0.5) is 5.82 Å². The Labute approximate surface area is 98.6 Å². The first-order valence-corrected chi connectivity index (χ1v) is 5.70. The highest BCUT2D eigenvalue weighted by Gasteiger charge is 2.06. The molecule has 0 saturated carbocycles. The van der Waals surface area contributed by atoms with Gasteiger partial charge < -0.3 is 10.1 Å². The molecule has 0 aliphatic carbocycles. The Morgan fingerprint density at radius 1 is 1.47 bits per heavy atom. The van der Waals surface area contributed by atoms with E-state index >= 15 is 0 Å². The fourth-order valence-corrected chi connectivity index (χ4v) is 1.46. The molecule has 1 rings (SSSR count). The highest BCUT2D eigenvalue weighted by atomic mass is 79.9. The molecule has 1 aromatic rings. The maximum absolute atomic E-state index is 4.95. The molecule has 4 nitrogen and oxygen atoms in total. The van der Waals surface area contributed by atoms with Crippen molar-refractivity contribution in [1.29, 1.82) is 0 Å². The van der Waals surface area contributed by atoms with Crippen molar-refractivity contribution in [2.24, 2.45) is 0 Å². The van der Waals surface area contributed by atoms with Gasteiger partial charge in [-0.1, -0.05) is 13.8 Å². The Morgan fingerprint density at radius 3 is 2.80 bits per heavy atom. The van der Waals surface area contributed by atoms with Gasteiger partial charge in [0.25, 0.3) is 0 Å². The molecule has 1 aromatic heterocycles. The zero-order valence-corrected chi connectivity index (χ0v) is 10.8. The van der Waals surface area contributed by atoms with E-state index in [1.165, 1.54) is 0 Å². The molecule has 5 heteroatoms. The van der Waals surface area contributed by atoms with Gasteiger partial charge in [0.1, 0.15) is 16.2 Å². The Morgan fingerprint density at radius 2 is 2.20 bits per heavy atom. The average Bonchev–Trinajstić information content (AvgIpc) is 2.17. The first-order chi connectivity index (χ1) is 7.13. The molecule has 1 N–H and O–H groups in total. The predicted molar refractivity (Wildman–Crippen MR) is 64.2 cm³/mol. The number of halogens is 1. The molecule has 0 unspecified atom stereocenters. The Balaban J connectivity index is 2.71. The second-order valence-electron chi connectivity index (χ2n) is 3.51. The zero-order chi connectivity index (χ0) is 11.3. The third-order valence-corrected chi connectivity index (χ3v) is 2.25. The Kier molecular flexibility index (Phi) is 4.98. The van der Waals surface area contributed by atoms with Crippen LogP contribution in [0.3, 0.4) is 0 Å². The van der Waals surface area contributed by atoms with E-state index < -0.39 is 0 Å². The van der Waals surface area contributed by atoms with Gasteiger partial charge in [-0.3, -0.25) is 0 Å². The van der Waals surface area contributed by atoms with Crippen molar-refractivity contribution in [1.82, 2.24) is 9.97 Å². The summed E-state index contributed by atoms with van der Waals surface area (Å²) in [6.07, 6.45) is 0. The molecule has 0 aliphatic rings. The van der Waals surface area contributed by atoms with Gasteiger partial charge in [0, 0.05) is 25.6 Å². The summed E-state index contributed by atoms with van der Waals surface area (Å²) >= 11 is 3.37. The second-order valence-corrected chi connectivity index (χ2v) is 4.32. The number of nitrogens with zero attached hydrogens (tertiary/aromatic N) is 2. The SMILES string of the molecule is COCCNc1cc(Br)nc(C(C)C)n1. The molecule has 0 bridgehead atoms. The van der Waals surface area contributed by atoms with Gasteiger partial charge in [-0.15, -0.1) is 0 Å². The number of hydrogen-bond donors (Lipinski definition) is 1. The minimum Gasteiger partial charge on any atom is -0.383 e. The van der Waals surface area contributed by atoms with E-state index in [9.17, 15) is 0 Å². The number of rotatable bonds is 5. The maximum Gasteiger partial charge on any atom is 0.134 e. The summed E-state index contributed by atoms with van der Waals surface area (Å²) in [6, 6.07) is 1.86. The van der Waals surface area contributed by atoms with E-state index in [1.807, 2.05) is 6.07 Å². The summed E-state index contributed by atoms with van der Waals surface area (Å²) in [7, 11) is 1.68. The minimum atomic E-state index is 0.325. The van der Waals surface area contributed by atoms with Gasteiger partial charge in [-0.2, -0.15) is 0 Å². The van der Waals surface area contributed by atoms with Gasteiger partial charge in [0.2, 0.25) is 0 Å². The molecule has 0 radical (unpaired) electrons. The van der Waals surface area contributed by atoms with Crippen LogP contribution in [-0.4, -0.2) is 30.2 Å². The van der Waals surface area contributed by atoms with Crippen molar-refractivity contribution in [3.05, 3.63) is 16.5 Å². The van der Waals surface area contributed by atoms with Crippen LogP contribution in [0.25, 0.3) is 0 Å². The summed E-state index contributed by atoms with van der Waals surface area (Å²) in [5.41, 5.74) is 0. The topological polar surface area (TPSA) is 47.0 Å². The molecule has 15 heavy (non-hydrogen) atoms. The van der Waals surface area contributed by atoms with Gasteiger partial charge in [0.15, 0.2) is 0 Å². The van der Waals surface area contributed by atoms with Gasteiger partial charge >= 0.3 is 0 Å². The van der Waals surface area contributed by atoms with E-state index in [-0.39, 0.29) is 0 Å². The van der Waals surface area contributed by atoms with Gasteiger partial charge in [-0.05, 0) is 15.9 Å². The van der Waals surface area contributed by atoms with Gasteiger partial charge in [-0.25, -0.2) is 9.97 Å². The van der Waals surface area contributed by atoms with E-state index in [4.69, 9.17) is 4.74 Å². The lowest BCUT2D eigenvalue weighted by atomic mass is 10.2. The normalized spacial score (nSPS) is 10.7. The van der Waals surface area contributed by atoms with Crippen LogP contribution in [0, 0.1) is 0 Å². The summed E-state index contributed by atoms with van der Waals surface area (Å²) in [5.74, 6) is 1.99. The summed E-state index contributed by atoms with van der Waals surface area (Å²) in [4.78, 5) is 8.69. The lowest BCUT2D eigenvalue weighted by molar-refractivity contribution is 0.210. The smallest absolute Gasteiger partial charge is 0.134 e. The van der Waals surface area contributed by atoms with Crippen LogP contribution in [0.15, 0.2) is 10.7 Å². The molecular formula is C10H16BrN3O. The molecule has 0 aliphatic heterocycles. The molecule has 0 saturated heterocycles. The first kappa shape index (κ1) is 12.4. The van der Waals surface area contributed by atoms with Crippen molar-refractivity contribution in [2.75, 3.05) is 25.6 Å². The number of hydrogen-bond acceptors (Lipinski definition) is 4. The quantitative estimate of drug-likeness (QED) is 0.661. The lowest BCUT2D eigenvalue weighted by Gasteiger charge is -2.09. The van der Waals surface area contributed by atoms with Crippen LogP contribution in [0.1, 0.15) is 25.6 Å². The molecule has 0 spiro atoms. The second kappa shape index (κ2) is 6.02. The van der Waals surface area contributed by atoms with Crippen molar-refractivity contribution in [3.8, 4) is 0 Å². The minimum absolute atomic E-state index is 0.325. The number of methoxy groups -OCH3 is 1. The van der Waals surface area contributed by atoms with Crippen molar-refractivity contribution >= 4 is 21.7 Å². The fourth-order valence-electron chi connectivity index (χ4n) is 1.07. The standard InChI is InChI=1S/C10H16BrN3O/c1-7(2)10-13-8(11)6-9(14-10)12-4-5-15-3/h6-7H,4-5H2,1-3H3,(H,12,13,14). The number of anilines is 1. The van der Waals surface area contributed by atoms with Crippen LogP contribution >= 0.6 is 15.9 Å². The predicted octanol–water partition coefficient (Wildman–Crippen LogP) is 2.42. The highest BCUT2D eigenvalue weighted by Crippen LogP contribution is 2.17. The van der Waals surface area contributed by atoms with E-state index in [2.05, 4.69) is 45.1 Å². The molecule has 0 amide bonds. The summed E-state index contributed by atoms with van der Waals surface area (Å²) < 4.78 is 5.76.